The van der Waals surface area contributed by atoms with Crippen molar-refractivity contribution in [3.8, 4) is 17.6 Å². The Labute approximate surface area is 120 Å². The zero-order valence-corrected chi connectivity index (χ0v) is 11.9. The minimum absolute atomic E-state index is 0.537. The van der Waals surface area contributed by atoms with Gasteiger partial charge in [-0.2, -0.15) is 5.26 Å². The first kappa shape index (κ1) is 13.6. The summed E-state index contributed by atoms with van der Waals surface area (Å²) in [7, 11) is 0. The number of hydrogen-bond donors (Lipinski definition) is 1. The van der Waals surface area contributed by atoms with Gasteiger partial charge in [-0.05, 0) is 42.8 Å². The van der Waals surface area contributed by atoms with Gasteiger partial charge in [0.1, 0.15) is 11.5 Å². The van der Waals surface area contributed by atoms with Gasteiger partial charge in [-0.15, -0.1) is 0 Å². The van der Waals surface area contributed by atoms with E-state index >= 15 is 0 Å². The van der Waals surface area contributed by atoms with Crippen LogP contribution in [0.4, 0.5) is 0 Å². The smallest absolute Gasteiger partial charge is 0.128 e. The van der Waals surface area contributed by atoms with Crippen molar-refractivity contribution in [2.24, 2.45) is 0 Å². The first-order valence-electron chi connectivity index (χ1n) is 5.75. The summed E-state index contributed by atoms with van der Waals surface area (Å²) in [6.07, 6.45) is -0.537. The highest BCUT2D eigenvalue weighted by molar-refractivity contribution is 9.10. The summed E-state index contributed by atoms with van der Waals surface area (Å²) in [6, 6.07) is 14.4. The van der Waals surface area contributed by atoms with Crippen molar-refractivity contribution in [1.29, 1.82) is 5.26 Å². The lowest BCUT2D eigenvalue weighted by Crippen LogP contribution is -1.93. The quantitative estimate of drug-likeness (QED) is 0.924. The summed E-state index contributed by atoms with van der Waals surface area (Å²) in [5.41, 5.74) is 1.36. The number of halogens is 1. The molecular formula is C15H12BrNO2. The molecular weight excluding hydrogens is 306 g/mol. The average molecular weight is 318 g/mol. The lowest BCUT2D eigenvalue weighted by atomic mass is 10.1. The van der Waals surface area contributed by atoms with E-state index in [0.29, 0.717) is 17.1 Å². The molecule has 0 saturated carbocycles. The van der Waals surface area contributed by atoms with Gasteiger partial charge >= 0.3 is 0 Å². The number of nitriles is 1. The average Bonchev–Trinajstić information content (AvgIpc) is 2.38. The van der Waals surface area contributed by atoms with Gasteiger partial charge in [0.15, 0.2) is 0 Å². The molecule has 0 fully saturated rings. The SMILES string of the molecule is C[C@@H](O)c1ccc(Oc2cccc(C#N)c2)cc1Br. The van der Waals surface area contributed by atoms with Gasteiger partial charge in [0.05, 0.1) is 17.7 Å². The molecule has 3 nitrogen and oxygen atoms in total. The van der Waals surface area contributed by atoms with E-state index in [2.05, 4.69) is 22.0 Å². The van der Waals surface area contributed by atoms with E-state index in [1.807, 2.05) is 0 Å². The highest BCUT2D eigenvalue weighted by atomic mass is 79.9. The van der Waals surface area contributed by atoms with Crippen LogP contribution >= 0.6 is 15.9 Å². The van der Waals surface area contributed by atoms with E-state index in [0.717, 1.165) is 10.0 Å². The molecule has 0 aromatic heterocycles. The molecule has 0 unspecified atom stereocenters. The van der Waals surface area contributed by atoms with E-state index in [1.54, 1.807) is 49.4 Å². The van der Waals surface area contributed by atoms with Gasteiger partial charge < -0.3 is 9.84 Å². The third-order valence-corrected chi connectivity index (χ3v) is 3.31. The molecule has 0 radical (unpaired) electrons. The molecule has 0 aliphatic carbocycles. The largest absolute Gasteiger partial charge is 0.457 e. The van der Waals surface area contributed by atoms with Crippen LogP contribution in [0.2, 0.25) is 0 Å². The Hall–Kier alpha value is -1.83. The Morgan fingerprint density at radius 1 is 1.21 bits per heavy atom. The third-order valence-electron chi connectivity index (χ3n) is 2.62. The lowest BCUT2D eigenvalue weighted by molar-refractivity contribution is 0.198. The lowest BCUT2D eigenvalue weighted by Gasteiger charge is -2.10. The maximum absolute atomic E-state index is 9.55. The monoisotopic (exact) mass is 317 g/mol. The van der Waals surface area contributed by atoms with Crippen molar-refractivity contribution in [2.75, 3.05) is 0 Å². The van der Waals surface area contributed by atoms with E-state index in [1.165, 1.54) is 0 Å². The van der Waals surface area contributed by atoms with Crippen LogP contribution in [0.25, 0.3) is 0 Å². The van der Waals surface area contributed by atoms with Crippen LogP contribution in [0, 0.1) is 11.3 Å². The topological polar surface area (TPSA) is 53.2 Å². The molecule has 96 valence electrons. The molecule has 0 bridgehead atoms. The van der Waals surface area contributed by atoms with Crippen molar-refractivity contribution < 1.29 is 9.84 Å². The number of rotatable bonds is 3. The van der Waals surface area contributed by atoms with Crippen LogP contribution in [0.3, 0.4) is 0 Å². The second-order valence-corrected chi connectivity index (χ2v) is 4.96. The number of nitrogens with zero attached hydrogens (tertiary/aromatic N) is 1. The predicted molar refractivity (Wildman–Crippen MR) is 76.0 cm³/mol. The Morgan fingerprint density at radius 3 is 2.58 bits per heavy atom. The molecule has 1 atom stereocenters. The molecule has 0 amide bonds. The molecule has 0 aliphatic heterocycles. The van der Waals surface area contributed by atoms with Gasteiger partial charge in [-0.25, -0.2) is 0 Å². The molecule has 0 aliphatic rings. The van der Waals surface area contributed by atoms with E-state index in [-0.39, 0.29) is 0 Å². The van der Waals surface area contributed by atoms with Crippen molar-refractivity contribution in [3.63, 3.8) is 0 Å². The third kappa shape index (κ3) is 3.34. The van der Waals surface area contributed by atoms with Crippen LogP contribution in [-0.4, -0.2) is 5.11 Å². The van der Waals surface area contributed by atoms with Gasteiger partial charge in [-0.1, -0.05) is 28.1 Å². The summed E-state index contributed by atoms with van der Waals surface area (Å²) >= 11 is 3.40. The second-order valence-electron chi connectivity index (χ2n) is 4.10. The number of aliphatic hydroxyl groups is 1. The Bertz CT molecular complexity index is 632. The van der Waals surface area contributed by atoms with Gasteiger partial charge in [-0.3, -0.25) is 0 Å². The molecule has 2 rings (SSSR count). The van der Waals surface area contributed by atoms with Crippen LogP contribution in [-0.2, 0) is 0 Å². The Morgan fingerprint density at radius 2 is 1.95 bits per heavy atom. The van der Waals surface area contributed by atoms with Crippen LogP contribution in [0.1, 0.15) is 24.2 Å². The number of hydrogen-bond acceptors (Lipinski definition) is 3. The van der Waals surface area contributed by atoms with Crippen molar-refractivity contribution in [2.45, 2.75) is 13.0 Å². The Kier molecular flexibility index (Phi) is 4.20. The summed E-state index contributed by atoms with van der Waals surface area (Å²) in [4.78, 5) is 0. The van der Waals surface area contributed by atoms with E-state index in [9.17, 15) is 5.11 Å². The first-order valence-corrected chi connectivity index (χ1v) is 6.55. The molecule has 2 aromatic carbocycles. The van der Waals surface area contributed by atoms with Crippen molar-refractivity contribution >= 4 is 15.9 Å². The Balaban J connectivity index is 2.24. The van der Waals surface area contributed by atoms with Crippen LogP contribution in [0.15, 0.2) is 46.9 Å². The van der Waals surface area contributed by atoms with Gasteiger partial charge in [0.2, 0.25) is 0 Å². The molecule has 0 spiro atoms. The maximum atomic E-state index is 9.55. The molecule has 4 heteroatoms. The highest BCUT2D eigenvalue weighted by Gasteiger charge is 2.07. The fourth-order valence-corrected chi connectivity index (χ4v) is 2.36. The van der Waals surface area contributed by atoms with Crippen LogP contribution < -0.4 is 4.74 Å². The van der Waals surface area contributed by atoms with Crippen LogP contribution in [0.5, 0.6) is 11.5 Å². The second kappa shape index (κ2) is 5.87. The number of benzene rings is 2. The predicted octanol–water partition coefficient (Wildman–Crippen LogP) is 4.17. The summed E-state index contributed by atoms with van der Waals surface area (Å²) in [6.45, 7) is 1.71. The van der Waals surface area contributed by atoms with Gasteiger partial charge in [0.25, 0.3) is 0 Å². The van der Waals surface area contributed by atoms with Crippen molar-refractivity contribution in [3.05, 3.63) is 58.1 Å². The summed E-state index contributed by atoms with van der Waals surface area (Å²) in [5, 5.41) is 18.4. The minimum Gasteiger partial charge on any atom is -0.457 e. The summed E-state index contributed by atoms with van der Waals surface area (Å²) in [5.74, 6) is 1.25. The standard InChI is InChI=1S/C15H12BrNO2/c1-10(18)14-6-5-13(8-15(14)16)19-12-4-2-3-11(7-12)9-17/h2-8,10,18H,1H3/t10-/m1/s1. The fraction of sp³-hybridized carbons (Fsp3) is 0.133. The molecule has 1 N–H and O–H groups in total. The number of ether oxygens (including phenoxy) is 1. The molecule has 0 heterocycles. The van der Waals surface area contributed by atoms with E-state index < -0.39 is 6.10 Å². The molecule has 0 saturated heterocycles. The summed E-state index contributed by atoms with van der Waals surface area (Å²) < 4.78 is 6.46. The number of aliphatic hydroxyl groups excluding tert-OH is 1. The fourth-order valence-electron chi connectivity index (χ4n) is 1.68. The minimum atomic E-state index is -0.537. The molecule has 2 aromatic rings. The van der Waals surface area contributed by atoms with E-state index in [4.69, 9.17) is 10.00 Å². The first-order chi connectivity index (χ1) is 9.10. The normalized spacial score (nSPS) is 11.7. The zero-order chi connectivity index (χ0) is 13.8. The zero-order valence-electron chi connectivity index (χ0n) is 10.3. The molecule has 19 heavy (non-hydrogen) atoms. The van der Waals surface area contributed by atoms with Crippen molar-refractivity contribution in [1.82, 2.24) is 0 Å². The maximum Gasteiger partial charge on any atom is 0.128 e. The van der Waals surface area contributed by atoms with Gasteiger partial charge in [0, 0.05) is 4.47 Å². The highest BCUT2D eigenvalue weighted by Crippen LogP contribution is 2.30.